The van der Waals surface area contributed by atoms with Crippen molar-refractivity contribution >= 4 is 66.7 Å². The summed E-state index contributed by atoms with van der Waals surface area (Å²) in [7, 11) is 5.61. The molecule has 0 aromatic rings. The minimum atomic E-state index is -1.80. The molecule has 0 atom stereocenters. The zero-order valence-electron chi connectivity index (χ0n) is 52.0. The summed E-state index contributed by atoms with van der Waals surface area (Å²) in [5, 5.41) is 0. The van der Waals surface area contributed by atoms with E-state index in [1.807, 2.05) is 20.4 Å². The zero-order valence-corrected chi connectivity index (χ0v) is 58.6. The Kier molecular flexibility index (Phi) is 70.2. The van der Waals surface area contributed by atoms with Gasteiger partial charge in [0.05, 0.1) is 0 Å². The van der Waals surface area contributed by atoms with Gasteiger partial charge in [0, 0.05) is 87.4 Å². The van der Waals surface area contributed by atoms with Gasteiger partial charge in [-0.25, -0.2) is 0 Å². The molecule has 0 aromatic heterocycles. The van der Waals surface area contributed by atoms with E-state index in [4.69, 9.17) is 67.5 Å². The Morgan fingerprint density at radius 1 is 0.365 bits per heavy atom. The highest BCUT2D eigenvalue weighted by Crippen LogP contribution is 2.37. The highest BCUT2D eigenvalue weighted by atomic mass is 35.5. The van der Waals surface area contributed by atoms with Gasteiger partial charge in [-0.15, -0.1) is 23.2 Å². The summed E-state index contributed by atoms with van der Waals surface area (Å²) in [4.78, 5) is 0. The van der Waals surface area contributed by atoms with Crippen molar-refractivity contribution < 1.29 is 49.0 Å². The topological polar surface area (TPSA) is 92.3 Å². The van der Waals surface area contributed by atoms with Crippen LogP contribution >= 0.6 is 23.2 Å². The van der Waals surface area contributed by atoms with Gasteiger partial charge < -0.3 is 44.3 Å². The number of hydrogen-bond donors (Lipinski definition) is 0. The van der Waals surface area contributed by atoms with Gasteiger partial charge in [0.1, 0.15) is 0 Å². The lowest BCUT2D eigenvalue weighted by atomic mass is 10.0. The van der Waals surface area contributed by atoms with Crippen LogP contribution in [0, 0.1) is 0 Å². The molecular formula is C56H129Cl2FO10Si5. The number of alkyl halides is 2. The second-order valence-corrected chi connectivity index (χ2v) is 37.9. The molecule has 10 nitrogen and oxygen atoms in total. The predicted molar refractivity (Wildman–Crippen MR) is 334 cm³/mol. The highest BCUT2D eigenvalue weighted by molar-refractivity contribution is 6.67. The summed E-state index contributed by atoms with van der Waals surface area (Å²) < 4.78 is 54.4. The van der Waals surface area contributed by atoms with Gasteiger partial charge in [-0.05, 0) is 89.9 Å². The van der Waals surface area contributed by atoms with Crippen molar-refractivity contribution in [1.29, 1.82) is 0 Å². The van der Waals surface area contributed by atoms with Crippen LogP contribution in [0.15, 0.2) is 0 Å². The molecule has 0 saturated heterocycles. The highest BCUT2D eigenvalue weighted by Gasteiger charge is 2.39. The molecule has 0 amide bonds. The lowest BCUT2D eigenvalue weighted by molar-refractivity contribution is 0.213. The molecule has 0 heterocycles. The summed E-state index contributed by atoms with van der Waals surface area (Å²) in [6.45, 7) is 18.6. The van der Waals surface area contributed by atoms with Crippen molar-refractivity contribution in [3.63, 3.8) is 0 Å². The number of rotatable bonds is 45. The molecule has 454 valence electrons. The van der Waals surface area contributed by atoms with Crippen LogP contribution in [0.25, 0.3) is 0 Å². The van der Waals surface area contributed by atoms with Crippen molar-refractivity contribution in [2.75, 3.05) is 81.9 Å². The van der Waals surface area contributed by atoms with Crippen LogP contribution in [0.2, 0.25) is 55.9 Å². The molecule has 0 bridgehead atoms. The Hall–Kier alpha value is 1.19. The second-order valence-electron chi connectivity index (χ2n) is 20.6. The number of hydrogen-bond acceptors (Lipinski definition) is 10. The van der Waals surface area contributed by atoms with Gasteiger partial charge in [0.15, 0.2) is 0 Å². The minimum Gasteiger partial charge on any atom is -0.398 e. The van der Waals surface area contributed by atoms with Crippen LogP contribution in [0.5, 0.6) is 0 Å². The van der Waals surface area contributed by atoms with E-state index in [-0.39, 0.29) is 4.70 Å². The molecular weight excluding hydrogens is 1060 g/mol. The largest absolute Gasteiger partial charge is 0.398 e. The molecule has 1 aliphatic rings. The standard InChI is InChI=1S/C21H46O2Si.C13H30O2Si.C9H20O2Si.C7H17ClO2Si.C6H15ClO2Si.FH/c1-5-6-7-8-9-10-11-12-13-14-15-16-17-18-19-20-21-24(4,22-2)23-3;1-5-6-7-8-9-10-11-12-13-16(4,14-2)15-3;1-10-12(3,11-2)9-7-5-4-6-8-9;1-3-9-11(10-4-2)7-5-6-8;1-8-10(3,9-2)6-4-5-7;/h5-21H2,1-4H3;5-13H2,1-4H3;9H,4-8H2,1-3H3;11H,3-7H2,1-2H3;4-6H2,1-3H3;1H. The lowest BCUT2D eigenvalue weighted by Gasteiger charge is -2.34. The lowest BCUT2D eigenvalue weighted by Crippen LogP contribution is -2.42. The van der Waals surface area contributed by atoms with Crippen molar-refractivity contribution in [3.05, 3.63) is 0 Å². The molecule has 1 aliphatic carbocycles. The second kappa shape index (κ2) is 61.8. The normalized spacial score (nSPS) is 13.2. The van der Waals surface area contributed by atoms with Crippen LogP contribution in [0.1, 0.15) is 227 Å². The van der Waals surface area contributed by atoms with E-state index < -0.39 is 43.5 Å². The van der Waals surface area contributed by atoms with Gasteiger partial charge in [0.2, 0.25) is 0 Å². The van der Waals surface area contributed by atoms with Crippen molar-refractivity contribution in [3.8, 4) is 0 Å². The summed E-state index contributed by atoms with van der Waals surface area (Å²) in [6.07, 6.45) is 42.4. The fourth-order valence-corrected chi connectivity index (χ4v) is 17.8. The number of unbranched alkanes of at least 4 members (excludes halogenated alkanes) is 22. The average molecular weight is 1190 g/mol. The molecule has 0 spiro atoms. The smallest absolute Gasteiger partial charge is 0.337 e. The first-order valence-corrected chi connectivity index (χ1v) is 42.7. The Morgan fingerprint density at radius 2 is 0.635 bits per heavy atom. The molecule has 1 saturated carbocycles. The molecule has 0 N–H and O–H groups in total. The first-order chi connectivity index (χ1) is 35.1. The van der Waals surface area contributed by atoms with Gasteiger partial charge in [0.25, 0.3) is 0 Å². The summed E-state index contributed by atoms with van der Waals surface area (Å²) in [6, 6.07) is 4.28. The van der Waals surface area contributed by atoms with E-state index in [0.717, 1.165) is 55.8 Å². The van der Waals surface area contributed by atoms with Crippen molar-refractivity contribution in [2.45, 2.75) is 283 Å². The Balaban J connectivity index is -0.000000279. The Labute approximate surface area is 477 Å². The maximum Gasteiger partial charge on any atom is 0.337 e. The van der Waals surface area contributed by atoms with E-state index in [9.17, 15) is 0 Å². The fraction of sp³-hybridized carbons (Fsp3) is 1.00. The molecule has 1 fully saturated rings. The van der Waals surface area contributed by atoms with Gasteiger partial charge >= 0.3 is 43.5 Å². The molecule has 18 heteroatoms. The maximum atomic E-state index is 5.56. The third-order valence-electron chi connectivity index (χ3n) is 14.8. The fourth-order valence-electron chi connectivity index (χ4n) is 8.70. The SMILES string of the molecule is CCCCCCCCCCCCCCCCCC[Si](C)(OC)OC.CCCCCCCCCC[Si](C)(OC)OC.CCO[SiH](CCCCl)OCC.CO[Si](C)(CCCCl)OC.CO[Si](C)(OC)C1CCCCC1.F. The summed E-state index contributed by atoms with van der Waals surface area (Å²) in [5.74, 6) is 1.40. The quantitative estimate of drug-likeness (QED) is 0.0333. The van der Waals surface area contributed by atoms with Crippen LogP contribution < -0.4 is 0 Å². The van der Waals surface area contributed by atoms with Gasteiger partial charge in [-0.1, -0.05) is 187 Å². The Bertz CT molecular complexity index is 1050. The van der Waals surface area contributed by atoms with Crippen LogP contribution in [-0.2, 0) is 44.3 Å². The summed E-state index contributed by atoms with van der Waals surface area (Å²) >= 11 is 11.1. The molecule has 0 unspecified atom stereocenters. The molecule has 1 rings (SSSR count). The van der Waals surface area contributed by atoms with E-state index >= 15 is 0 Å². The van der Waals surface area contributed by atoms with E-state index in [1.54, 1.807) is 56.9 Å². The molecule has 0 aliphatic heterocycles. The summed E-state index contributed by atoms with van der Waals surface area (Å²) in [5.41, 5.74) is 0.723. The molecule has 0 aromatic carbocycles. The predicted octanol–water partition coefficient (Wildman–Crippen LogP) is 18.8. The van der Waals surface area contributed by atoms with Gasteiger partial charge in [-0.2, -0.15) is 0 Å². The van der Waals surface area contributed by atoms with Crippen LogP contribution in [0.4, 0.5) is 4.70 Å². The van der Waals surface area contributed by atoms with Gasteiger partial charge in [-0.3, -0.25) is 4.70 Å². The molecule has 0 radical (unpaired) electrons. The first-order valence-electron chi connectivity index (χ1n) is 29.9. The third-order valence-corrected chi connectivity index (χ3v) is 30.2. The Morgan fingerprint density at radius 3 is 0.878 bits per heavy atom. The average Bonchev–Trinajstić information content (AvgIpc) is 3.43. The minimum absolute atomic E-state index is 0. The zero-order chi connectivity index (χ0) is 55.8. The van der Waals surface area contributed by atoms with E-state index in [0.29, 0.717) is 11.8 Å². The van der Waals surface area contributed by atoms with Crippen molar-refractivity contribution in [1.82, 2.24) is 0 Å². The maximum absolute atomic E-state index is 5.56. The number of halogens is 3. The van der Waals surface area contributed by atoms with E-state index in [1.165, 1.54) is 186 Å². The van der Waals surface area contributed by atoms with Crippen LogP contribution in [-0.4, -0.2) is 125 Å². The monoisotopic (exact) mass is 1190 g/mol. The third kappa shape index (κ3) is 53.8. The van der Waals surface area contributed by atoms with Crippen LogP contribution in [0.3, 0.4) is 0 Å². The first kappa shape index (κ1) is 84.0. The molecule has 74 heavy (non-hydrogen) atoms. The van der Waals surface area contributed by atoms with Crippen molar-refractivity contribution in [2.24, 2.45) is 0 Å². The van der Waals surface area contributed by atoms with E-state index in [2.05, 4.69) is 33.5 Å².